The number of carbonyl (C=O) groups is 1. The third-order valence-electron chi connectivity index (χ3n) is 4.46. The molecule has 0 bridgehead atoms. The summed E-state index contributed by atoms with van der Waals surface area (Å²) in [7, 11) is 0. The molecule has 5 nitrogen and oxygen atoms in total. The number of H-pyrrole nitrogens is 1. The summed E-state index contributed by atoms with van der Waals surface area (Å²) in [5, 5.41) is 3.73. The Kier molecular flexibility index (Phi) is 5.56. The number of benzene rings is 1. The fraction of sp³-hybridized carbons (Fsp3) is 0.368. The lowest BCUT2D eigenvalue weighted by atomic mass is 10.0. The van der Waals surface area contributed by atoms with Crippen LogP contribution in [0.4, 0.5) is 0 Å². The minimum atomic E-state index is -0.306. The van der Waals surface area contributed by atoms with Gasteiger partial charge in [0.2, 0.25) is 0 Å². The van der Waals surface area contributed by atoms with Crippen LogP contribution in [0.3, 0.4) is 0 Å². The predicted octanol–water partition coefficient (Wildman–Crippen LogP) is 2.73. The van der Waals surface area contributed by atoms with E-state index in [0.717, 1.165) is 43.2 Å². The molecule has 1 aliphatic rings. The van der Waals surface area contributed by atoms with Crippen molar-refractivity contribution in [2.75, 3.05) is 13.1 Å². The Balaban J connectivity index is 1.60. The van der Waals surface area contributed by atoms with E-state index in [1.54, 1.807) is 6.92 Å². The van der Waals surface area contributed by atoms with Gasteiger partial charge in [-0.05, 0) is 44.0 Å². The van der Waals surface area contributed by atoms with E-state index in [1.165, 1.54) is 17.8 Å². The van der Waals surface area contributed by atoms with Crippen molar-refractivity contribution in [2.24, 2.45) is 0 Å². The zero-order chi connectivity index (χ0) is 17.8. The van der Waals surface area contributed by atoms with Crippen LogP contribution in [0, 0.1) is 6.92 Å². The number of hydrogen-bond donors (Lipinski definition) is 2. The van der Waals surface area contributed by atoms with Crippen molar-refractivity contribution < 1.29 is 4.79 Å². The smallest absolute Gasteiger partial charge is 0.257 e. The quantitative estimate of drug-likeness (QED) is 0.882. The van der Waals surface area contributed by atoms with Crippen LogP contribution in [0.15, 0.2) is 41.3 Å². The number of likely N-dealkylation sites (tertiary alicyclic amines) is 1. The molecular weight excluding hydrogens is 338 g/mol. The van der Waals surface area contributed by atoms with Crippen LogP contribution in [0.5, 0.6) is 0 Å². The Hall–Kier alpha value is -2.11. The zero-order valence-electron chi connectivity index (χ0n) is 14.2. The molecule has 1 aromatic heterocycles. The summed E-state index contributed by atoms with van der Waals surface area (Å²) in [6.45, 7) is 4.39. The van der Waals surface area contributed by atoms with Gasteiger partial charge in [0, 0.05) is 42.1 Å². The van der Waals surface area contributed by atoms with Gasteiger partial charge in [0.25, 0.3) is 5.91 Å². The maximum atomic E-state index is 12.4. The molecule has 1 fully saturated rings. The molecule has 1 unspecified atom stereocenters. The number of rotatable bonds is 4. The zero-order valence-corrected chi connectivity index (χ0v) is 15.0. The molecule has 0 saturated carbocycles. The average Bonchev–Trinajstić information content (AvgIpc) is 2.57. The number of nitrogens with zero attached hydrogens (tertiary/aromatic N) is 1. The Morgan fingerprint density at radius 2 is 2.12 bits per heavy atom. The van der Waals surface area contributed by atoms with Crippen molar-refractivity contribution in [2.45, 2.75) is 32.4 Å². The van der Waals surface area contributed by atoms with E-state index in [-0.39, 0.29) is 22.9 Å². The van der Waals surface area contributed by atoms with Crippen molar-refractivity contribution in [1.82, 2.24) is 15.2 Å². The van der Waals surface area contributed by atoms with Gasteiger partial charge in [-0.25, -0.2) is 0 Å². The number of aromatic nitrogens is 1. The van der Waals surface area contributed by atoms with Gasteiger partial charge >= 0.3 is 0 Å². The van der Waals surface area contributed by atoms with E-state index in [0.29, 0.717) is 0 Å². The number of piperidine rings is 1. The van der Waals surface area contributed by atoms with Gasteiger partial charge in [-0.15, -0.1) is 0 Å². The number of pyridine rings is 1. The molecule has 0 spiro atoms. The van der Waals surface area contributed by atoms with Crippen molar-refractivity contribution in [3.63, 3.8) is 0 Å². The first-order valence-electron chi connectivity index (χ1n) is 8.48. The molecule has 3 rings (SSSR count). The standard InChI is InChI=1S/C19H22ClN3O2/c1-13-9-18(24)17(10-21-13)19(25)22-16-3-2-8-23(12-16)11-14-4-6-15(20)7-5-14/h4-7,9-10,16H,2-3,8,11-12H2,1H3,(H,21,24)(H,22,25). The van der Waals surface area contributed by atoms with Crippen LogP contribution < -0.4 is 10.7 Å². The van der Waals surface area contributed by atoms with Crippen LogP contribution in [0.25, 0.3) is 0 Å². The van der Waals surface area contributed by atoms with Crippen molar-refractivity contribution in [1.29, 1.82) is 0 Å². The molecule has 2 N–H and O–H groups in total. The lowest BCUT2D eigenvalue weighted by Gasteiger charge is -2.33. The molecule has 1 atom stereocenters. The van der Waals surface area contributed by atoms with E-state index in [1.807, 2.05) is 24.3 Å². The van der Waals surface area contributed by atoms with E-state index in [2.05, 4.69) is 15.2 Å². The second-order valence-electron chi connectivity index (χ2n) is 6.57. The lowest BCUT2D eigenvalue weighted by molar-refractivity contribution is 0.0899. The van der Waals surface area contributed by atoms with Gasteiger partial charge in [0.15, 0.2) is 5.43 Å². The minimum Gasteiger partial charge on any atom is -0.364 e. The first-order valence-corrected chi connectivity index (χ1v) is 8.86. The van der Waals surface area contributed by atoms with Crippen molar-refractivity contribution in [3.8, 4) is 0 Å². The highest BCUT2D eigenvalue weighted by Gasteiger charge is 2.22. The molecule has 0 aliphatic carbocycles. The predicted molar refractivity (Wildman–Crippen MR) is 99.0 cm³/mol. The monoisotopic (exact) mass is 359 g/mol. The molecule has 2 aromatic rings. The van der Waals surface area contributed by atoms with Crippen LogP contribution in [0.1, 0.15) is 34.5 Å². The Bertz CT molecular complexity index is 801. The fourth-order valence-electron chi connectivity index (χ4n) is 3.18. The fourth-order valence-corrected chi connectivity index (χ4v) is 3.30. The highest BCUT2D eigenvalue weighted by Crippen LogP contribution is 2.16. The molecular formula is C19H22ClN3O2. The second-order valence-corrected chi connectivity index (χ2v) is 7.00. The molecule has 1 amide bonds. The topological polar surface area (TPSA) is 65.2 Å². The van der Waals surface area contributed by atoms with E-state index >= 15 is 0 Å². The van der Waals surface area contributed by atoms with Crippen LogP contribution in [-0.4, -0.2) is 34.9 Å². The molecule has 1 saturated heterocycles. The third-order valence-corrected chi connectivity index (χ3v) is 4.71. The summed E-state index contributed by atoms with van der Waals surface area (Å²) in [4.78, 5) is 29.6. The highest BCUT2D eigenvalue weighted by molar-refractivity contribution is 6.30. The summed E-state index contributed by atoms with van der Waals surface area (Å²) in [5.74, 6) is -0.306. The number of aromatic amines is 1. The van der Waals surface area contributed by atoms with Gasteiger partial charge in [-0.3, -0.25) is 14.5 Å². The minimum absolute atomic E-state index is 0.0502. The number of aryl methyl sites for hydroxylation is 1. The Labute approximate surface area is 152 Å². The number of nitrogens with one attached hydrogen (secondary N) is 2. The summed E-state index contributed by atoms with van der Waals surface area (Å²) >= 11 is 5.93. The molecule has 25 heavy (non-hydrogen) atoms. The van der Waals surface area contributed by atoms with Crippen molar-refractivity contribution >= 4 is 17.5 Å². The molecule has 1 aromatic carbocycles. The molecule has 132 valence electrons. The molecule has 2 heterocycles. The van der Waals surface area contributed by atoms with Crippen LogP contribution in [0.2, 0.25) is 5.02 Å². The Morgan fingerprint density at radius 1 is 1.36 bits per heavy atom. The number of halogens is 1. The highest BCUT2D eigenvalue weighted by atomic mass is 35.5. The summed E-state index contributed by atoms with van der Waals surface area (Å²) in [5.41, 5.74) is 1.86. The van der Waals surface area contributed by atoms with Gasteiger partial charge in [-0.2, -0.15) is 0 Å². The van der Waals surface area contributed by atoms with Gasteiger partial charge in [0.05, 0.1) is 0 Å². The molecule has 6 heteroatoms. The van der Waals surface area contributed by atoms with Crippen molar-refractivity contribution in [3.05, 3.63) is 68.6 Å². The maximum absolute atomic E-state index is 12.4. The largest absolute Gasteiger partial charge is 0.364 e. The van der Waals surface area contributed by atoms with Crippen LogP contribution in [-0.2, 0) is 6.54 Å². The maximum Gasteiger partial charge on any atom is 0.257 e. The van der Waals surface area contributed by atoms with E-state index in [9.17, 15) is 9.59 Å². The van der Waals surface area contributed by atoms with E-state index in [4.69, 9.17) is 11.6 Å². The summed E-state index contributed by atoms with van der Waals surface area (Å²) in [6.07, 6.45) is 3.43. The number of amides is 1. The lowest BCUT2D eigenvalue weighted by Crippen LogP contribution is -2.48. The van der Waals surface area contributed by atoms with Gasteiger partial charge in [-0.1, -0.05) is 23.7 Å². The summed E-state index contributed by atoms with van der Waals surface area (Å²) < 4.78 is 0. The first kappa shape index (κ1) is 17.7. The normalized spacial score (nSPS) is 18.1. The Morgan fingerprint density at radius 3 is 2.84 bits per heavy atom. The molecule has 0 radical (unpaired) electrons. The van der Waals surface area contributed by atoms with Gasteiger partial charge < -0.3 is 10.3 Å². The van der Waals surface area contributed by atoms with Crippen LogP contribution >= 0.6 is 11.6 Å². The third kappa shape index (κ3) is 4.71. The van der Waals surface area contributed by atoms with E-state index < -0.39 is 0 Å². The SMILES string of the molecule is Cc1cc(=O)c(C(=O)NC2CCCN(Cc3ccc(Cl)cc3)C2)c[nH]1. The second kappa shape index (κ2) is 7.85. The number of carbonyl (C=O) groups excluding carboxylic acids is 1. The first-order chi connectivity index (χ1) is 12.0. The molecule has 1 aliphatic heterocycles. The number of hydrogen-bond acceptors (Lipinski definition) is 3. The summed E-state index contributed by atoms with van der Waals surface area (Å²) in [6, 6.07) is 9.33. The van der Waals surface area contributed by atoms with Gasteiger partial charge in [0.1, 0.15) is 5.56 Å². The average molecular weight is 360 g/mol.